The van der Waals surface area contributed by atoms with Crippen LogP contribution in [0.1, 0.15) is 22.8 Å². The van der Waals surface area contributed by atoms with E-state index in [-0.39, 0.29) is 42.8 Å². The van der Waals surface area contributed by atoms with Gasteiger partial charge in [-0.05, 0) is 24.3 Å². The molecule has 1 atom stereocenters. The molecule has 0 radical (unpaired) electrons. The number of ether oxygens (including phenoxy) is 1. The lowest BCUT2D eigenvalue weighted by atomic mass is 10.1. The molecule has 27 heavy (non-hydrogen) atoms. The van der Waals surface area contributed by atoms with Crippen molar-refractivity contribution in [3.63, 3.8) is 0 Å². The van der Waals surface area contributed by atoms with E-state index in [1.807, 2.05) is 0 Å². The molecule has 1 unspecified atom stereocenters. The summed E-state index contributed by atoms with van der Waals surface area (Å²) in [5.41, 5.74) is -1.04. The van der Waals surface area contributed by atoms with E-state index in [1.165, 1.54) is 15.8 Å². The number of halogens is 1. The van der Waals surface area contributed by atoms with Crippen LogP contribution in [0.15, 0.2) is 35.0 Å². The molecular formula is C17H17FN6O3. The molecule has 0 saturated carbocycles. The van der Waals surface area contributed by atoms with Crippen molar-refractivity contribution in [2.75, 3.05) is 20.2 Å². The largest absolute Gasteiger partial charge is 0.497 e. The quantitative estimate of drug-likeness (QED) is 0.686. The molecule has 3 aromatic rings. The van der Waals surface area contributed by atoms with E-state index in [9.17, 15) is 4.79 Å². The van der Waals surface area contributed by atoms with Crippen LogP contribution in [0.3, 0.4) is 0 Å². The lowest BCUT2D eigenvalue weighted by Crippen LogP contribution is -2.32. The van der Waals surface area contributed by atoms with Gasteiger partial charge in [-0.25, -0.2) is 4.39 Å². The molecule has 3 heterocycles. The van der Waals surface area contributed by atoms with Crippen LogP contribution in [0.25, 0.3) is 11.4 Å². The van der Waals surface area contributed by atoms with Crippen LogP contribution in [0.5, 0.6) is 5.75 Å². The molecule has 0 N–H and O–H groups in total. The Kier molecular flexibility index (Phi) is 4.09. The summed E-state index contributed by atoms with van der Waals surface area (Å²) < 4.78 is 27.1. The maximum absolute atomic E-state index is 15.4. The SMILES string of the molecule is COc1ccc(-c2noc(C3(F)CCN(C(=O)c4cn(C)nn4)C3)n2)cc1. The van der Waals surface area contributed by atoms with Crippen molar-refractivity contribution >= 4 is 5.91 Å². The fourth-order valence-corrected chi connectivity index (χ4v) is 2.99. The molecule has 1 fully saturated rings. The number of methoxy groups -OCH3 is 1. The van der Waals surface area contributed by atoms with Gasteiger partial charge < -0.3 is 14.2 Å². The van der Waals surface area contributed by atoms with Gasteiger partial charge in [0, 0.05) is 25.6 Å². The second-order valence-corrected chi connectivity index (χ2v) is 6.37. The summed E-state index contributed by atoms with van der Waals surface area (Å²) in [5.74, 6) is 0.460. The topological polar surface area (TPSA) is 99.2 Å². The monoisotopic (exact) mass is 372 g/mol. The molecule has 1 amide bonds. The van der Waals surface area contributed by atoms with E-state index in [0.717, 1.165) is 0 Å². The Bertz CT molecular complexity index is 969. The fraction of sp³-hybridized carbons (Fsp3) is 0.353. The molecule has 2 aromatic heterocycles. The van der Waals surface area contributed by atoms with Crippen molar-refractivity contribution in [3.05, 3.63) is 42.0 Å². The highest BCUT2D eigenvalue weighted by Gasteiger charge is 2.47. The highest BCUT2D eigenvalue weighted by atomic mass is 19.1. The molecular weight excluding hydrogens is 355 g/mol. The third kappa shape index (κ3) is 3.14. The van der Waals surface area contributed by atoms with Crippen molar-refractivity contribution in [1.29, 1.82) is 0 Å². The summed E-state index contributed by atoms with van der Waals surface area (Å²) >= 11 is 0. The normalized spacial score (nSPS) is 19.4. The Morgan fingerprint density at radius 3 is 2.78 bits per heavy atom. The number of hydrogen-bond acceptors (Lipinski definition) is 7. The van der Waals surface area contributed by atoms with Crippen molar-refractivity contribution in [2.24, 2.45) is 7.05 Å². The minimum atomic E-state index is -1.89. The van der Waals surface area contributed by atoms with Crippen LogP contribution in [-0.4, -0.2) is 56.1 Å². The standard InChI is InChI=1S/C17H17FN6O3/c1-23-9-13(20-22-23)15(25)24-8-7-17(18,10-24)16-19-14(21-27-16)11-3-5-12(26-2)6-4-11/h3-6,9H,7-8,10H2,1-2H3. The van der Waals surface area contributed by atoms with Gasteiger partial charge >= 0.3 is 0 Å². The van der Waals surface area contributed by atoms with Crippen LogP contribution in [0.4, 0.5) is 4.39 Å². The summed E-state index contributed by atoms with van der Waals surface area (Å²) in [4.78, 5) is 18.0. The molecule has 0 spiro atoms. The maximum atomic E-state index is 15.4. The molecule has 4 rings (SSSR count). The number of hydrogen-bond donors (Lipinski definition) is 0. The first-order valence-electron chi connectivity index (χ1n) is 8.32. The van der Waals surface area contributed by atoms with E-state index in [0.29, 0.717) is 11.3 Å². The second kappa shape index (κ2) is 6.45. The van der Waals surface area contributed by atoms with Gasteiger partial charge in [-0.15, -0.1) is 5.10 Å². The van der Waals surface area contributed by atoms with Gasteiger partial charge in [-0.3, -0.25) is 9.48 Å². The number of aryl methyl sites for hydroxylation is 1. The van der Waals surface area contributed by atoms with Gasteiger partial charge in [0.05, 0.1) is 19.9 Å². The molecule has 0 bridgehead atoms. The zero-order valence-electron chi connectivity index (χ0n) is 14.8. The molecule has 1 aliphatic heterocycles. The number of nitrogens with zero attached hydrogens (tertiary/aromatic N) is 6. The third-order valence-electron chi connectivity index (χ3n) is 4.49. The molecule has 10 heteroatoms. The summed E-state index contributed by atoms with van der Waals surface area (Å²) in [7, 11) is 3.23. The number of carbonyl (C=O) groups is 1. The Morgan fingerprint density at radius 2 is 2.11 bits per heavy atom. The molecule has 0 aliphatic carbocycles. The first-order valence-corrected chi connectivity index (χ1v) is 8.32. The summed E-state index contributed by atoms with van der Waals surface area (Å²) in [6.45, 7) is 0.0544. The van der Waals surface area contributed by atoms with Gasteiger partial charge in [-0.2, -0.15) is 4.98 Å². The number of alkyl halides is 1. The average molecular weight is 372 g/mol. The van der Waals surface area contributed by atoms with Crippen molar-refractivity contribution in [2.45, 2.75) is 12.1 Å². The Balaban J connectivity index is 1.51. The van der Waals surface area contributed by atoms with E-state index >= 15 is 4.39 Å². The smallest absolute Gasteiger partial charge is 0.276 e. The lowest BCUT2D eigenvalue weighted by molar-refractivity contribution is 0.0711. The number of rotatable bonds is 4. The molecule has 1 aliphatic rings. The van der Waals surface area contributed by atoms with Crippen molar-refractivity contribution in [3.8, 4) is 17.1 Å². The van der Waals surface area contributed by atoms with Crippen molar-refractivity contribution in [1.82, 2.24) is 30.0 Å². The molecule has 1 saturated heterocycles. The predicted molar refractivity (Wildman–Crippen MR) is 90.6 cm³/mol. The minimum absolute atomic E-state index is 0.0727. The predicted octanol–water partition coefficient (Wildman–Crippen LogP) is 1.58. The second-order valence-electron chi connectivity index (χ2n) is 6.37. The summed E-state index contributed by atoms with van der Waals surface area (Å²) in [5, 5.41) is 11.4. The fourth-order valence-electron chi connectivity index (χ4n) is 2.99. The van der Waals surface area contributed by atoms with E-state index < -0.39 is 5.67 Å². The first-order chi connectivity index (χ1) is 13.0. The van der Waals surface area contributed by atoms with Gasteiger partial charge in [-0.1, -0.05) is 10.4 Å². The number of benzene rings is 1. The third-order valence-corrected chi connectivity index (χ3v) is 4.49. The molecule has 140 valence electrons. The van der Waals surface area contributed by atoms with E-state index in [4.69, 9.17) is 9.26 Å². The van der Waals surface area contributed by atoms with Crippen LogP contribution in [0.2, 0.25) is 0 Å². The van der Waals surface area contributed by atoms with Gasteiger partial charge in [0.2, 0.25) is 11.5 Å². The number of amides is 1. The van der Waals surface area contributed by atoms with Crippen LogP contribution in [0, 0.1) is 0 Å². The minimum Gasteiger partial charge on any atom is -0.497 e. The van der Waals surface area contributed by atoms with Gasteiger partial charge in [0.25, 0.3) is 11.8 Å². The van der Waals surface area contributed by atoms with Gasteiger partial charge in [0.1, 0.15) is 5.75 Å². The van der Waals surface area contributed by atoms with Crippen molar-refractivity contribution < 1.29 is 18.4 Å². The van der Waals surface area contributed by atoms with Crippen LogP contribution >= 0.6 is 0 Å². The van der Waals surface area contributed by atoms with Crippen LogP contribution < -0.4 is 4.74 Å². The Hall–Kier alpha value is -3.30. The Labute approximate surface area is 153 Å². The number of aromatic nitrogens is 5. The number of carbonyl (C=O) groups excluding carboxylic acids is 1. The highest BCUT2D eigenvalue weighted by Crippen LogP contribution is 2.36. The summed E-state index contributed by atoms with van der Waals surface area (Å²) in [6, 6.07) is 7.04. The van der Waals surface area contributed by atoms with Crippen LogP contribution in [-0.2, 0) is 12.7 Å². The lowest BCUT2D eigenvalue weighted by Gasteiger charge is -2.16. The van der Waals surface area contributed by atoms with E-state index in [2.05, 4.69) is 20.5 Å². The zero-order valence-corrected chi connectivity index (χ0v) is 14.8. The Morgan fingerprint density at radius 1 is 1.33 bits per heavy atom. The highest BCUT2D eigenvalue weighted by molar-refractivity contribution is 5.92. The molecule has 9 nitrogen and oxygen atoms in total. The maximum Gasteiger partial charge on any atom is 0.276 e. The first kappa shape index (κ1) is 17.1. The summed E-state index contributed by atoms with van der Waals surface area (Å²) in [6.07, 6.45) is 1.57. The van der Waals surface area contributed by atoms with Gasteiger partial charge in [0.15, 0.2) is 5.69 Å². The number of likely N-dealkylation sites (tertiary alicyclic amines) is 1. The van der Waals surface area contributed by atoms with E-state index in [1.54, 1.807) is 38.4 Å². The average Bonchev–Trinajstić information content (AvgIpc) is 3.41. The molecule has 1 aromatic carbocycles. The zero-order chi connectivity index (χ0) is 19.0.